The predicted molar refractivity (Wildman–Crippen MR) is 85.7 cm³/mol. The van der Waals surface area contributed by atoms with Gasteiger partial charge in [-0.05, 0) is 68.1 Å². The zero-order valence-corrected chi connectivity index (χ0v) is 12.4. The first-order valence-corrected chi connectivity index (χ1v) is 7.42. The number of phenolic OH excluding ortho intramolecular Hbond substituents is 2. The summed E-state index contributed by atoms with van der Waals surface area (Å²) in [7, 11) is 0. The van der Waals surface area contributed by atoms with E-state index >= 15 is 0 Å². The van der Waals surface area contributed by atoms with Crippen molar-refractivity contribution in [3.8, 4) is 11.5 Å². The Morgan fingerprint density at radius 1 is 0.810 bits per heavy atom. The highest BCUT2D eigenvalue weighted by molar-refractivity contribution is 5.26. The van der Waals surface area contributed by atoms with Crippen LogP contribution in [0.15, 0.2) is 48.5 Å². The van der Waals surface area contributed by atoms with Crippen LogP contribution < -0.4 is 5.32 Å². The number of phenols is 2. The summed E-state index contributed by atoms with van der Waals surface area (Å²) in [5.41, 5.74) is 2.48. The summed E-state index contributed by atoms with van der Waals surface area (Å²) in [5, 5.41) is 22.0. The van der Waals surface area contributed by atoms with Crippen LogP contribution in [0.1, 0.15) is 24.5 Å². The van der Waals surface area contributed by atoms with Crippen LogP contribution in [-0.2, 0) is 12.8 Å². The number of hydrogen-bond donors (Lipinski definition) is 3. The highest BCUT2D eigenvalue weighted by Crippen LogP contribution is 2.12. The summed E-state index contributed by atoms with van der Waals surface area (Å²) in [4.78, 5) is 0. The van der Waals surface area contributed by atoms with Crippen molar-refractivity contribution in [2.45, 2.75) is 32.2 Å². The van der Waals surface area contributed by atoms with E-state index < -0.39 is 0 Å². The zero-order chi connectivity index (χ0) is 15.1. The summed E-state index contributed by atoms with van der Waals surface area (Å²) >= 11 is 0. The normalized spacial score (nSPS) is 12.2. The average Bonchev–Trinajstić information content (AvgIpc) is 2.49. The van der Waals surface area contributed by atoms with Gasteiger partial charge >= 0.3 is 0 Å². The third-order valence-corrected chi connectivity index (χ3v) is 3.65. The van der Waals surface area contributed by atoms with E-state index in [0.717, 1.165) is 25.8 Å². The van der Waals surface area contributed by atoms with E-state index in [1.54, 1.807) is 24.3 Å². The second-order valence-corrected chi connectivity index (χ2v) is 5.48. The van der Waals surface area contributed by atoms with Crippen LogP contribution in [0.4, 0.5) is 0 Å². The molecule has 0 fully saturated rings. The van der Waals surface area contributed by atoms with Gasteiger partial charge in [0.05, 0.1) is 0 Å². The quantitative estimate of drug-likeness (QED) is 0.732. The summed E-state index contributed by atoms with van der Waals surface area (Å²) in [6.07, 6.45) is 3.04. The van der Waals surface area contributed by atoms with Crippen LogP contribution >= 0.6 is 0 Å². The van der Waals surface area contributed by atoms with Gasteiger partial charge in [0.1, 0.15) is 11.5 Å². The molecule has 2 rings (SSSR count). The molecule has 0 aliphatic rings. The number of aromatic hydroxyl groups is 2. The van der Waals surface area contributed by atoms with Gasteiger partial charge in [-0.25, -0.2) is 0 Å². The maximum atomic E-state index is 9.25. The molecule has 2 aromatic rings. The Labute approximate surface area is 126 Å². The SMILES string of the molecule is C[C@H](CCc1ccc(O)cc1)NCCc1ccc(O)cc1. The minimum atomic E-state index is 0.314. The number of nitrogens with one attached hydrogen (secondary N) is 1. The van der Waals surface area contributed by atoms with Crippen molar-refractivity contribution >= 4 is 0 Å². The van der Waals surface area contributed by atoms with Gasteiger partial charge in [0, 0.05) is 6.04 Å². The molecule has 3 N–H and O–H groups in total. The number of aryl methyl sites for hydroxylation is 1. The van der Waals surface area contributed by atoms with Gasteiger partial charge in [0.25, 0.3) is 0 Å². The second kappa shape index (κ2) is 7.70. The van der Waals surface area contributed by atoms with Gasteiger partial charge in [-0.1, -0.05) is 24.3 Å². The molecular weight excluding hydrogens is 262 g/mol. The third kappa shape index (κ3) is 5.48. The van der Waals surface area contributed by atoms with Gasteiger partial charge in [-0.2, -0.15) is 0 Å². The third-order valence-electron chi connectivity index (χ3n) is 3.65. The van der Waals surface area contributed by atoms with Gasteiger partial charge in [0.15, 0.2) is 0 Å². The van der Waals surface area contributed by atoms with E-state index in [0.29, 0.717) is 17.5 Å². The molecule has 0 saturated carbocycles. The molecule has 0 amide bonds. The Kier molecular flexibility index (Phi) is 5.64. The van der Waals surface area contributed by atoms with E-state index in [9.17, 15) is 10.2 Å². The molecule has 0 aromatic heterocycles. The predicted octanol–water partition coefficient (Wildman–Crippen LogP) is 3.25. The lowest BCUT2D eigenvalue weighted by Gasteiger charge is -2.14. The first kappa shape index (κ1) is 15.4. The van der Waals surface area contributed by atoms with Gasteiger partial charge < -0.3 is 15.5 Å². The van der Waals surface area contributed by atoms with Crippen molar-refractivity contribution in [1.29, 1.82) is 0 Å². The Morgan fingerprint density at radius 2 is 1.29 bits per heavy atom. The second-order valence-electron chi connectivity index (χ2n) is 5.48. The lowest BCUT2D eigenvalue weighted by atomic mass is 10.1. The van der Waals surface area contributed by atoms with Gasteiger partial charge in [-0.15, -0.1) is 0 Å². The minimum absolute atomic E-state index is 0.314. The van der Waals surface area contributed by atoms with Crippen LogP contribution in [0.3, 0.4) is 0 Å². The Bertz CT molecular complexity index is 534. The molecule has 21 heavy (non-hydrogen) atoms. The molecule has 0 saturated heterocycles. The van der Waals surface area contributed by atoms with E-state index in [2.05, 4.69) is 12.2 Å². The monoisotopic (exact) mass is 285 g/mol. The van der Waals surface area contributed by atoms with E-state index in [1.165, 1.54) is 11.1 Å². The largest absolute Gasteiger partial charge is 0.508 e. The van der Waals surface area contributed by atoms with Crippen molar-refractivity contribution < 1.29 is 10.2 Å². The first-order chi connectivity index (χ1) is 10.1. The molecule has 3 nitrogen and oxygen atoms in total. The summed E-state index contributed by atoms with van der Waals surface area (Å²) in [6, 6.07) is 15.2. The fraction of sp³-hybridized carbons (Fsp3) is 0.333. The first-order valence-electron chi connectivity index (χ1n) is 7.42. The molecule has 0 unspecified atom stereocenters. The molecular formula is C18H23NO2. The Hall–Kier alpha value is -2.00. The number of benzene rings is 2. The molecule has 0 aliphatic heterocycles. The minimum Gasteiger partial charge on any atom is -0.508 e. The maximum absolute atomic E-state index is 9.25. The average molecular weight is 285 g/mol. The molecule has 3 heteroatoms. The Morgan fingerprint density at radius 3 is 1.81 bits per heavy atom. The van der Waals surface area contributed by atoms with E-state index in [4.69, 9.17) is 0 Å². The molecule has 112 valence electrons. The molecule has 0 bridgehead atoms. The van der Waals surface area contributed by atoms with E-state index in [1.807, 2.05) is 24.3 Å². The fourth-order valence-corrected chi connectivity index (χ4v) is 2.27. The molecule has 0 aliphatic carbocycles. The van der Waals surface area contributed by atoms with Crippen LogP contribution in [0, 0.1) is 0 Å². The van der Waals surface area contributed by atoms with Crippen molar-refractivity contribution in [1.82, 2.24) is 5.32 Å². The highest BCUT2D eigenvalue weighted by atomic mass is 16.3. The van der Waals surface area contributed by atoms with E-state index in [-0.39, 0.29) is 0 Å². The van der Waals surface area contributed by atoms with Crippen molar-refractivity contribution in [3.05, 3.63) is 59.7 Å². The molecule has 0 spiro atoms. The van der Waals surface area contributed by atoms with Crippen molar-refractivity contribution in [3.63, 3.8) is 0 Å². The summed E-state index contributed by atoms with van der Waals surface area (Å²) in [6.45, 7) is 3.12. The topological polar surface area (TPSA) is 52.5 Å². The van der Waals surface area contributed by atoms with Gasteiger partial charge in [-0.3, -0.25) is 0 Å². The number of hydrogen-bond acceptors (Lipinski definition) is 3. The molecule has 2 aromatic carbocycles. The zero-order valence-electron chi connectivity index (χ0n) is 12.4. The molecule has 0 heterocycles. The smallest absolute Gasteiger partial charge is 0.115 e. The molecule has 0 radical (unpaired) electrons. The highest BCUT2D eigenvalue weighted by Gasteiger charge is 2.02. The lowest BCUT2D eigenvalue weighted by molar-refractivity contribution is 0.474. The van der Waals surface area contributed by atoms with Crippen LogP contribution in [0.5, 0.6) is 11.5 Å². The lowest BCUT2D eigenvalue weighted by Crippen LogP contribution is -2.28. The van der Waals surface area contributed by atoms with Crippen molar-refractivity contribution in [2.75, 3.05) is 6.54 Å². The van der Waals surface area contributed by atoms with Crippen LogP contribution in [-0.4, -0.2) is 22.8 Å². The summed E-state index contributed by atoms with van der Waals surface area (Å²) < 4.78 is 0. The van der Waals surface area contributed by atoms with Crippen LogP contribution in [0.25, 0.3) is 0 Å². The maximum Gasteiger partial charge on any atom is 0.115 e. The van der Waals surface area contributed by atoms with Crippen molar-refractivity contribution in [2.24, 2.45) is 0 Å². The fourth-order valence-electron chi connectivity index (χ4n) is 2.27. The standard InChI is InChI=1S/C18H23NO2/c1-14(2-3-15-4-8-17(20)9-5-15)19-13-12-16-6-10-18(21)11-7-16/h4-11,14,19-21H,2-3,12-13H2,1H3/t14-/m1/s1. The molecule has 1 atom stereocenters. The Balaban J connectivity index is 1.66. The summed E-state index contributed by atoms with van der Waals surface area (Å²) in [5.74, 6) is 0.632. The van der Waals surface area contributed by atoms with Crippen LogP contribution in [0.2, 0.25) is 0 Å². The number of rotatable bonds is 7. The van der Waals surface area contributed by atoms with Gasteiger partial charge in [0.2, 0.25) is 0 Å².